The summed E-state index contributed by atoms with van der Waals surface area (Å²) in [6.07, 6.45) is 1.99. The van der Waals surface area contributed by atoms with Crippen molar-refractivity contribution in [3.63, 3.8) is 0 Å². The summed E-state index contributed by atoms with van der Waals surface area (Å²) < 4.78 is 0. The Morgan fingerprint density at radius 3 is 2.89 bits per heavy atom. The average molecular weight is 282 g/mol. The van der Waals surface area contributed by atoms with Crippen molar-refractivity contribution in [3.8, 4) is 0 Å². The highest BCUT2D eigenvalue weighted by Crippen LogP contribution is 2.28. The summed E-state index contributed by atoms with van der Waals surface area (Å²) in [6.45, 7) is 1.76. The van der Waals surface area contributed by atoms with Crippen LogP contribution in [0.2, 0.25) is 5.02 Å². The second-order valence-corrected chi connectivity index (χ2v) is 5.52. The van der Waals surface area contributed by atoms with E-state index in [0.717, 1.165) is 37.3 Å². The fraction of sp³-hybridized carbons (Fsp3) is 0.500. The summed E-state index contributed by atoms with van der Waals surface area (Å²) in [5, 5.41) is 6.88. The number of nitrogens with zero attached hydrogens (tertiary/aromatic N) is 1. The number of hydrogen-bond acceptors (Lipinski definition) is 3. The monoisotopic (exact) mass is 281 g/mol. The van der Waals surface area contributed by atoms with Crippen LogP contribution in [0.15, 0.2) is 18.2 Å². The molecule has 1 aliphatic rings. The van der Waals surface area contributed by atoms with Crippen molar-refractivity contribution in [2.75, 3.05) is 37.4 Å². The molecule has 0 spiro atoms. The first-order valence-corrected chi connectivity index (χ1v) is 6.94. The molecule has 1 aliphatic heterocycles. The van der Waals surface area contributed by atoms with Crippen molar-refractivity contribution < 1.29 is 4.79 Å². The van der Waals surface area contributed by atoms with Gasteiger partial charge in [0.05, 0.1) is 17.3 Å². The van der Waals surface area contributed by atoms with E-state index in [4.69, 9.17) is 11.6 Å². The molecule has 1 heterocycles. The van der Waals surface area contributed by atoms with Crippen molar-refractivity contribution in [1.29, 1.82) is 0 Å². The second-order valence-electron chi connectivity index (χ2n) is 5.09. The lowest BCUT2D eigenvalue weighted by Gasteiger charge is -2.24. The predicted molar refractivity (Wildman–Crippen MR) is 80.0 cm³/mol. The Labute approximate surface area is 119 Å². The number of halogens is 1. The molecule has 4 nitrogen and oxygen atoms in total. The summed E-state index contributed by atoms with van der Waals surface area (Å²) in [5.41, 5.74) is 1.73. The summed E-state index contributed by atoms with van der Waals surface area (Å²) in [7, 11) is 3.89. The third kappa shape index (κ3) is 3.61. The van der Waals surface area contributed by atoms with E-state index in [1.54, 1.807) is 6.07 Å². The van der Waals surface area contributed by atoms with Crippen LogP contribution in [0, 0.1) is 5.92 Å². The molecule has 2 N–H and O–H groups in total. The largest absolute Gasteiger partial charge is 0.376 e. The topological polar surface area (TPSA) is 44.4 Å². The van der Waals surface area contributed by atoms with E-state index < -0.39 is 0 Å². The van der Waals surface area contributed by atoms with Crippen LogP contribution in [-0.4, -0.2) is 33.1 Å². The summed E-state index contributed by atoms with van der Waals surface area (Å²) >= 11 is 6.01. The lowest BCUT2D eigenvalue weighted by Crippen LogP contribution is -2.37. The van der Waals surface area contributed by atoms with Crippen LogP contribution in [0.25, 0.3) is 0 Å². The average Bonchev–Trinajstić information content (AvgIpc) is 2.39. The predicted octanol–water partition coefficient (Wildman–Crippen LogP) is 2.34. The number of carbonyl (C=O) groups is 1. The number of hydrogen-bond donors (Lipinski definition) is 2. The Bertz CT molecular complexity index is 456. The van der Waals surface area contributed by atoms with E-state index in [2.05, 4.69) is 10.6 Å². The molecule has 1 aromatic rings. The van der Waals surface area contributed by atoms with Gasteiger partial charge in [-0.05, 0) is 37.6 Å². The van der Waals surface area contributed by atoms with Gasteiger partial charge in [0.15, 0.2) is 0 Å². The van der Waals surface area contributed by atoms with Crippen LogP contribution in [-0.2, 0) is 4.79 Å². The minimum absolute atomic E-state index is 0.0442. The van der Waals surface area contributed by atoms with Gasteiger partial charge in [0.1, 0.15) is 0 Å². The van der Waals surface area contributed by atoms with Gasteiger partial charge in [0, 0.05) is 25.7 Å². The molecule has 1 amide bonds. The number of carbonyl (C=O) groups excluding carboxylic acids is 1. The Balaban J connectivity index is 2.13. The zero-order chi connectivity index (χ0) is 13.8. The van der Waals surface area contributed by atoms with E-state index in [1.165, 1.54) is 0 Å². The molecule has 1 saturated heterocycles. The molecule has 1 atom stereocenters. The first-order valence-electron chi connectivity index (χ1n) is 6.56. The number of piperidine rings is 1. The highest BCUT2D eigenvalue weighted by molar-refractivity contribution is 6.31. The van der Waals surface area contributed by atoms with E-state index >= 15 is 0 Å². The maximum atomic E-state index is 12.2. The molecule has 0 aliphatic carbocycles. The molecular weight excluding hydrogens is 262 g/mol. The van der Waals surface area contributed by atoms with E-state index in [9.17, 15) is 4.79 Å². The van der Waals surface area contributed by atoms with Gasteiger partial charge in [-0.2, -0.15) is 0 Å². The first-order chi connectivity index (χ1) is 9.08. The van der Waals surface area contributed by atoms with Gasteiger partial charge in [0.25, 0.3) is 0 Å². The molecule has 1 aromatic carbocycles. The zero-order valence-electron chi connectivity index (χ0n) is 11.4. The Hall–Kier alpha value is -1.26. The zero-order valence-corrected chi connectivity index (χ0v) is 12.1. The van der Waals surface area contributed by atoms with Gasteiger partial charge in [-0.15, -0.1) is 0 Å². The van der Waals surface area contributed by atoms with Crippen LogP contribution in [0.1, 0.15) is 12.8 Å². The second kappa shape index (κ2) is 6.26. The number of rotatable bonds is 3. The molecule has 19 heavy (non-hydrogen) atoms. The molecule has 0 unspecified atom stereocenters. The molecule has 0 saturated carbocycles. The van der Waals surface area contributed by atoms with E-state index in [0.29, 0.717) is 5.02 Å². The van der Waals surface area contributed by atoms with E-state index in [1.807, 2.05) is 31.1 Å². The van der Waals surface area contributed by atoms with Gasteiger partial charge < -0.3 is 15.5 Å². The van der Waals surface area contributed by atoms with Crippen molar-refractivity contribution in [2.24, 2.45) is 5.92 Å². The lowest BCUT2D eigenvalue weighted by molar-refractivity contribution is -0.120. The van der Waals surface area contributed by atoms with Crippen LogP contribution in [0.3, 0.4) is 0 Å². The SMILES string of the molecule is CN(C)c1ccc(Cl)cc1NC(=O)[C@@H]1CCCNC1. The third-order valence-electron chi connectivity index (χ3n) is 3.37. The fourth-order valence-electron chi connectivity index (χ4n) is 2.31. The summed E-state index contributed by atoms with van der Waals surface area (Å²) in [5.74, 6) is 0.111. The third-order valence-corrected chi connectivity index (χ3v) is 3.60. The summed E-state index contributed by atoms with van der Waals surface area (Å²) in [6, 6.07) is 5.54. The Morgan fingerprint density at radius 2 is 2.26 bits per heavy atom. The van der Waals surface area contributed by atoms with Crippen LogP contribution < -0.4 is 15.5 Å². The van der Waals surface area contributed by atoms with Gasteiger partial charge in [0.2, 0.25) is 5.91 Å². The van der Waals surface area contributed by atoms with Crippen LogP contribution >= 0.6 is 11.6 Å². The molecule has 104 valence electrons. The molecule has 0 radical (unpaired) electrons. The normalized spacial score (nSPS) is 19.0. The van der Waals surface area contributed by atoms with Crippen molar-refractivity contribution >= 4 is 28.9 Å². The number of amides is 1. The lowest BCUT2D eigenvalue weighted by atomic mass is 9.98. The number of nitrogens with one attached hydrogen (secondary N) is 2. The minimum Gasteiger partial charge on any atom is -0.376 e. The maximum absolute atomic E-state index is 12.2. The van der Waals surface area contributed by atoms with Gasteiger partial charge >= 0.3 is 0 Å². The van der Waals surface area contributed by atoms with Crippen molar-refractivity contribution in [2.45, 2.75) is 12.8 Å². The van der Waals surface area contributed by atoms with Gasteiger partial charge in [-0.25, -0.2) is 0 Å². The Morgan fingerprint density at radius 1 is 1.47 bits per heavy atom. The molecular formula is C14H20ClN3O. The van der Waals surface area contributed by atoms with Gasteiger partial charge in [-0.3, -0.25) is 4.79 Å². The highest BCUT2D eigenvalue weighted by Gasteiger charge is 2.21. The van der Waals surface area contributed by atoms with Crippen LogP contribution in [0.4, 0.5) is 11.4 Å². The Kier molecular flexibility index (Phi) is 4.66. The summed E-state index contributed by atoms with van der Waals surface area (Å²) in [4.78, 5) is 14.2. The number of benzene rings is 1. The molecule has 0 bridgehead atoms. The molecule has 5 heteroatoms. The number of anilines is 2. The quantitative estimate of drug-likeness (QED) is 0.894. The maximum Gasteiger partial charge on any atom is 0.228 e. The molecule has 2 rings (SSSR count). The molecule has 0 aromatic heterocycles. The fourth-order valence-corrected chi connectivity index (χ4v) is 2.48. The minimum atomic E-state index is 0.0442. The first kappa shape index (κ1) is 14.2. The van der Waals surface area contributed by atoms with Crippen molar-refractivity contribution in [1.82, 2.24) is 5.32 Å². The smallest absolute Gasteiger partial charge is 0.228 e. The highest BCUT2D eigenvalue weighted by atomic mass is 35.5. The van der Waals surface area contributed by atoms with E-state index in [-0.39, 0.29) is 11.8 Å². The van der Waals surface area contributed by atoms with Crippen LogP contribution in [0.5, 0.6) is 0 Å². The standard InChI is InChI=1S/C14H20ClN3O/c1-18(2)13-6-5-11(15)8-12(13)17-14(19)10-4-3-7-16-9-10/h5-6,8,10,16H,3-4,7,9H2,1-2H3,(H,17,19)/t10-/m1/s1. The molecule has 1 fully saturated rings. The van der Waals surface area contributed by atoms with Gasteiger partial charge in [-0.1, -0.05) is 11.6 Å². The van der Waals surface area contributed by atoms with Crippen molar-refractivity contribution in [3.05, 3.63) is 23.2 Å².